The lowest BCUT2D eigenvalue weighted by atomic mass is 10.0. The maximum Gasteiger partial charge on any atom is 0.217 e. The van der Waals surface area contributed by atoms with Crippen LogP contribution in [0.25, 0.3) is 6.08 Å². The Morgan fingerprint density at radius 3 is 2.59 bits per heavy atom. The van der Waals surface area contributed by atoms with Crippen LogP contribution < -0.4 is 5.32 Å². The third-order valence-electron chi connectivity index (χ3n) is 2.45. The van der Waals surface area contributed by atoms with E-state index >= 15 is 0 Å². The predicted molar refractivity (Wildman–Crippen MR) is 68.9 cm³/mol. The lowest BCUT2D eigenvalue weighted by molar-refractivity contribution is -0.118. The Balaban J connectivity index is 2.79. The minimum Gasteiger partial charge on any atom is -0.353 e. The van der Waals surface area contributed by atoms with E-state index < -0.39 is 0 Å². The largest absolute Gasteiger partial charge is 0.353 e. The zero-order valence-electron chi connectivity index (χ0n) is 10.4. The Morgan fingerprint density at radius 2 is 2.00 bits per heavy atom. The average molecular weight is 231 g/mol. The number of hydrogen-bond donors (Lipinski definition) is 1. The number of carbonyl (C=O) groups is 2. The highest BCUT2D eigenvalue weighted by Crippen LogP contribution is 2.13. The van der Waals surface area contributed by atoms with E-state index in [1.165, 1.54) is 6.92 Å². The molecule has 1 aromatic rings. The highest BCUT2D eigenvalue weighted by molar-refractivity contribution is 5.94. The van der Waals surface area contributed by atoms with Gasteiger partial charge in [-0.05, 0) is 31.0 Å². The minimum atomic E-state index is -0.0520. The van der Waals surface area contributed by atoms with Crippen molar-refractivity contribution < 1.29 is 9.59 Å². The summed E-state index contributed by atoms with van der Waals surface area (Å²) < 4.78 is 0. The first kappa shape index (κ1) is 13.2. The van der Waals surface area contributed by atoms with Gasteiger partial charge in [0.15, 0.2) is 5.78 Å². The molecule has 17 heavy (non-hydrogen) atoms. The summed E-state index contributed by atoms with van der Waals surface area (Å²) >= 11 is 0. The molecule has 90 valence electrons. The number of carbonyl (C=O) groups excluding carboxylic acids is 2. The van der Waals surface area contributed by atoms with Crippen LogP contribution in [0.3, 0.4) is 0 Å². The summed E-state index contributed by atoms with van der Waals surface area (Å²) in [7, 11) is 0. The fourth-order valence-corrected chi connectivity index (χ4v) is 1.43. The van der Waals surface area contributed by atoms with Crippen LogP contribution in [0.4, 0.5) is 0 Å². The van der Waals surface area contributed by atoms with Gasteiger partial charge in [0.05, 0.1) is 0 Å². The summed E-state index contributed by atoms with van der Waals surface area (Å²) in [5.74, 6) is 0.00497. The molecule has 0 aromatic heterocycles. The van der Waals surface area contributed by atoms with Gasteiger partial charge in [-0.3, -0.25) is 9.59 Å². The predicted octanol–water partition coefficient (Wildman–Crippen LogP) is 2.35. The molecule has 0 fully saturated rings. The average Bonchev–Trinajstić information content (AvgIpc) is 2.25. The van der Waals surface area contributed by atoms with E-state index in [1.807, 2.05) is 37.3 Å². The Kier molecular flexibility index (Phi) is 4.64. The number of nitrogens with one attached hydrogen (secondary N) is 1. The van der Waals surface area contributed by atoms with Crippen LogP contribution in [0, 0.1) is 6.92 Å². The number of benzene rings is 1. The molecule has 0 spiro atoms. The van der Waals surface area contributed by atoms with Crippen molar-refractivity contribution in [1.82, 2.24) is 5.32 Å². The first-order valence-corrected chi connectivity index (χ1v) is 5.53. The summed E-state index contributed by atoms with van der Waals surface area (Å²) in [6.07, 6.45) is 3.78. The molecule has 0 aliphatic heterocycles. The fourth-order valence-electron chi connectivity index (χ4n) is 1.43. The maximum absolute atomic E-state index is 11.2. The summed E-state index contributed by atoms with van der Waals surface area (Å²) in [4.78, 5) is 21.9. The van der Waals surface area contributed by atoms with Crippen molar-refractivity contribution in [2.24, 2.45) is 0 Å². The zero-order valence-corrected chi connectivity index (χ0v) is 10.4. The molecular weight excluding hydrogens is 214 g/mol. The van der Waals surface area contributed by atoms with Crippen LogP contribution in [0.5, 0.6) is 0 Å². The summed E-state index contributed by atoms with van der Waals surface area (Å²) in [6, 6.07) is 5.61. The van der Waals surface area contributed by atoms with Crippen molar-refractivity contribution in [2.75, 3.05) is 6.54 Å². The summed E-state index contributed by atoms with van der Waals surface area (Å²) in [6.45, 7) is 5.52. The van der Waals surface area contributed by atoms with Gasteiger partial charge >= 0.3 is 0 Å². The lowest BCUT2D eigenvalue weighted by Gasteiger charge is -2.03. The standard InChI is InChI=1S/C14H17NO2/c1-10-6-7-14(11(2)16)9-13(10)5-4-8-15-12(3)17/h4-7,9H,8H2,1-3H3,(H,15,17). The van der Waals surface area contributed by atoms with Gasteiger partial charge in [0.1, 0.15) is 0 Å². The van der Waals surface area contributed by atoms with Gasteiger partial charge in [0, 0.05) is 19.0 Å². The minimum absolute atomic E-state index is 0.0520. The smallest absolute Gasteiger partial charge is 0.217 e. The number of rotatable bonds is 4. The Hall–Kier alpha value is -1.90. The molecule has 0 unspecified atom stereocenters. The molecule has 0 saturated heterocycles. The van der Waals surface area contributed by atoms with E-state index in [4.69, 9.17) is 0 Å². The molecule has 0 saturated carbocycles. The van der Waals surface area contributed by atoms with Crippen LogP contribution in [-0.2, 0) is 4.79 Å². The molecule has 1 aromatic carbocycles. The highest BCUT2D eigenvalue weighted by Gasteiger charge is 2.01. The molecule has 0 bridgehead atoms. The van der Waals surface area contributed by atoms with E-state index in [0.29, 0.717) is 12.1 Å². The van der Waals surface area contributed by atoms with Crippen molar-refractivity contribution in [1.29, 1.82) is 0 Å². The van der Waals surface area contributed by atoms with Gasteiger partial charge in [-0.2, -0.15) is 0 Å². The molecule has 0 atom stereocenters. The van der Waals surface area contributed by atoms with E-state index in [-0.39, 0.29) is 11.7 Å². The van der Waals surface area contributed by atoms with Crippen molar-refractivity contribution >= 4 is 17.8 Å². The molecule has 0 radical (unpaired) electrons. The topological polar surface area (TPSA) is 46.2 Å². The fraction of sp³-hybridized carbons (Fsp3) is 0.286. The third kappa shape index (κ3) is 4.23. The summed E-state index contributed by atoms with van der Waals surface area (Å²) in [5.41, 5.74) is 2.81. The van der Waals surface area contributed by atoms with E-state index in [9.17, 15) is 9.59 Å². The monoisotopic (exact) mass is 231 g/mol. The Bertz CT molecular complexity index is 461. The molecule has 0 heterocycles. The molecule has 3 heteroatoms. The van der Waals surface area contributed by atoms with E-state index in [2.05, 4.69) is 5.32 Å². The normalized spacial score (nSPS) is 10.5. The van der Waals surface area contributed by atoms with Gasteiger partial charge in [-0.1, -0.05) is 24.3 Å². The highest BCUT2D eigenvalue weighted by atomic mass is 16.1. The van der Waals surface area contributed by atoms with Crippen LogP contribution in [0.1, 0.15) is 35.3 Å². The number of amides is 1. The van der Waals surface area contributed by atoms with Crippen molar-refractivity contribution in [3.8, 4) is 0 Å². The van der Waals surface area contributed by atoms with Gasteiger partial charge < -0.3 is 5.32 Å². The Labute approximate surface area is 102 Å². The second-order valence-electron chi connectivity index (χ2n) is 3.97. The van der Waals surface area contributed by atoms with Crippen LogP contribution in [0.2, 0.25) is 0 Å². The Morgan fingerprint density at radius 1 is 1.29 bits per heavy atom. The first-order chi connectivity index (χ1) is 8.00. The summed E-state index contributed by atoms with van der Waals surface area (Å²) in [5, 5.41) is 2.68. The molecule has 0 aliphatic carbocycles. The quantitative estimate of drug-likeness (QED) is 0.808. The van der Waals surface area contributed by atoms with Gasteiger partial charge in [-0.25, -0.2) is 0 Å². The second kappa shape index (κ2) is 5.99. The van der Waals surface area contributed by atoms with E-state index in [1.54, 1.807) is 6.92 Å². The number of Topliss-reactive ketones (excluding diaryl/α,β-unsaturated/α-hetero) is 1. The maximum atomic E-state index is 11.2. The molecular formula is C14H17NO2. The van der Waals surface area contributed by atoms with Crippen molar-refractivity contribution in [2.45, 2.75) is 20.8 Å². The molecule has 3 nitrogen and oxygen atoms in total. The molecule has 1 N–H and O–H groups in total. The zero-order chi connectivity index (χ0) is 12.8. The van der Waals surface area contributed by atoms with Crippen LogP contribution in [-0.4, -0.2) is 18.2 Å². The molecule has 1 amide bonds. The third-order valence-corrected chi connectivity index (χ3v) is 2.45. The molecule has 1 rings (SSSR count). The lowest BCUT2D eigenvalue weighted by Crippen LogP contribution is -2.19. The number of hydrogen-bond acceptors (Lipinski definition) is 2. The van der Waals surface area contributed by atoms with Gasteiger partial charge in [0.25, 0.3) is 0 Å². The van der Waals surface area contributed by atoms with Crippen LogP contribution in [0.15, 0.2) is 24.3 Å². The van der Waals surface area contributed by atoms with Crippen molar-refractivity contribution in [3.05, 3.63) is 41.0 Å². The van der Waals surface area contributed by atoms with Gasteiger partial charge in [0.2, 0.25) is 5.91 Å². The number of aryl methyl sites for hydroxylation is 1. The second-order valence-corrected chi connectivity index (χ2v) is 3.97. The van der Waals surface area contributed by atoms with Gasteiger partial charge in [-0.15, -0.1) is 0 Å². The number of ketones is 1. The molecule has 0 aliphatic rings. The SMILES string of the molecule is CC(=O)NCC=Cc1cc(C(C)=O)ccc1C. The van der Waals surface area contributed by atoms with E-state index in [0.717, 1.165) is 11.1 Å². The first-order valence-electron chi connectivity index (χ1n) is 5.53. The van der Waals surface area contributed by atoms with Crippen molar-refractivity contribution in [3.63, 3.8) is 0 Å². The van der Waals surface area contributed by atoms with Crippen LogP contribution >= 0.6 is 0 Å².